The lowest BCUT2D eigenvalue weighted by molar-refractivity contribution is -0.141. The zero-order valence-corrected chi connectivity index (χ0v) is 13.4. The Kier molecular flexibility index (Phi) is 5.78. The number of urea groups is 1. The molecular formula is C16H23N3O4. The van der Waals surface area contributed by atoms with Crippen molar-refractivity contribution in [1.82, 2.24) is 10.3 Å². The number of aromatic nitrogens is 1. The van der Waals surface area contributed by atoms with Crippen molar-refractivity contribution in [2.24, 2.45) is 11.8 Å². The van der Waals surface area contributed by atoms with Gasteiger partial charge in [0.15, 0.2) is 0 Å². The van der Waals surface area contributed by atoms with Gasteiger partial charge >= 0.3 is 12.0 Å². The van der Waals surface area contributed by atoms with Gasteiger partial charge in [0.1, 0.15) is 0 Å². The van der Waals surface area contributed by atoms with Gasteiger partial charge in [-0.3, -0.25) is 4.79 Å². The molecule has 7 heteroatoms. The molecule has 0 saturated heterocycles. The number of rotatable bonds is 6. The number of carboxylic acid groups (broad SMARTS) is 1. The number of hydrogen-bond donors (Lipinski definition) is 3. The van der Waals surface area contributed by atoms with E-state index in [2.05, 4.69) is 29.5 Å². The van der Waals surface area contributed by atoms with Crippen LogP contribution in [0, 0.1) is 11.8 Å². The van der Waals surface area contributed by atoms with E-state index >= 15 is 0 Å². The molecule has 1 aliphatic carbocycles. The van der Waals surface area contributed by atoms with E-state index in [1.807, 2.05) is 0 Å². The number of anilines is 1. The predicted octanol–water partition coefficient (Wildman–Crippen LogP) is 2.49. The van der Waals surface area contributed by atoms with E-state index in [0.717, 1.165) is 0 Å². The summed E-state index contributed by atoms with van der Waals surface area (Å²) in [5.74, 6) is -0.221. The van der Waals surface area contributed by atoms with Crippen LogP contribution in [0.15, 0.2) is 18.3 Å². The summed E-state index contributed by atoms with van der Waals surface area (Å²) in [6, 6.07) is 2.97. The maximum Gasteiger partial charge on any atom is 0.319 e. The largest absolute Gasteiger partial charge is 0.481 e. The average Bonchev–Trinajstić information content (AvgIpc) is 2.95. The quantitative estimate of drug-likeness (QED) is 0.747. The van der Waals surface area contributed by atoms with Gasteiger partial charge in [-0.15, -0.1) is 0 Å². The summed E-state index contributed by atoms with van der Waals surface area (Å²) >= 11 is 0. The number of carbonyl (C=O) groups excluding carboxylic acids is 1. The number of ether oxygens (including phenoxy) is 1. The zero-order valence-electron chi connectivity index (χ0n) is 13.4. The monoisotopic (exact) mass is 321 g/mol. The molecule has 0 aliphatic heterocycles. The minimum atomic E-state index is -0.795. The highest BCUT2D eigenvalue weighted by atomic mass is 16.5. The maximum absolute atomic E-state index is 11.9. The molecule has 2 amide bonds. The number of nitrogens with zero attached hydrogens (tertiary/aromatic N) is 1. The molecule has 1 fully saturated rings. The Morgan fingerprint density at radius 1 is 1.39 bits per heavy atom. The van der Waals surface area contributed by atoms with Crippen molar-refractivity contribution in [3.8, 4) is 5.88 Å². The first-order valence-electron chi connectivity index (χ1n) is 7.83. The normalized spacial score (nSPS) is 20.3. The Morgan fingerprint density at radius 3 is 2.74 bits per heavy atom. The average molecular weight is 321 g/mol. The molecule has 0 bridgehead atoms. The molecule has 7 nitrogen and oxygen atoms in total. The second-order valence-corrected chi connectivity index (χ2v) is 6.23. The molecular weight excluding hydrogens is 298 g/mol. The van der Waals surface area contributed by atoms with Crippen LogP contribution in [0.5, 0.6) is 5.88 Å². The zero-order chi connectivity index (χ0) is 16.8. The topological polar surface area (TPSA) is 101 Å². The van der Waals surface area contributed by atoms with Crippen LogP contribution in [0.1, 0.15) is 33.1 Å². The van der Waals surface area contributed by atoms with Crippen molar-refractivity contribution in [3.63, 3.8) is 0 Å². The fourth-order valence-electron chi connectivity index (χ4n) is 2.48. The first kappa shape index (κ1) is 17.1. The molecule has 1 aromatic heterocycles. The van der Waals surface area contributed by atoms with Crippen LogP contribution >= 0.6 is 0 Å². The molecule has 1 aromatic rings. The van der Waals surface area contributed by atoms with Gasteiger partial charge in [-0.2, -0.15) is 0 Å². The molecule has 3 N–H and O–H groups in total. The SMILES string of the molecule is CC(C)COc1ccc(NC(=O)N[C@H]2CC[C@@H](C(=O)O)C2)cn1. The first-order valence-corrected chi connectivity index (χ1v) is 7.83. The fourth-order valence-corrected chi connectivity index (χ4v) is 2.48. The first-order chi connectivity index (χ1) is 10.9. The number of carbonyl (C=O) groups is 2. The van der Waals surface area contributed by atoms with Gasteiger partial charge < -0.3 is 20.5 Å². The van der Waals surface area contributed by atoms with Crippen LogP contribution in [0.4, 0.5) is 10.5 Å². The standard InChI is InChI=1S/C16H23N3O4/c1-10(2)9-23-14-6-5-13(8-17-14)19-16(22)18-12-4-3-11(7-12)15(20)21/h5-6,8,10-12H,3-4,7,9H2,1-2H3,(H,20,21)(H2,18,19,22)/t11-,12+/m1/s1. The summed E-state index contributed by atoms with van der Waals surface area (Å²) in [4.78, 5) is 26.9. The number of nitrogens with one attached hydrogen (secondary N) is 2. The Bertz CT molecular complexity index is 545. The molecule has 2 rings (SSSR count). The molecule has 126 valence electrons. The lowest BCUT2D eigenvalue weighted by Crippen LogP contribution is -2.36. The third-order valence-corrected chi connectivity index (χ3v) is 3.68. The third-order valence-electron chi connectivity index (χ3n) is 3.68. The molecule has 0 unspecified atom stereocenters. The van der Waals surface area contributed by atoms with Gasteiger partial charge in [-0.25, -0.2) is 9.78 Å². The molecule has 0 aromatic carbocycles. The van der Waals surface area contributed by atoms with Gasteiger partial charge in [0.2, 0.25) is 5.88 Å². The predicted molar refractivity (Wildman–Crippen MR) is 85.5 cm³/mol. The van der Waals surface area contributed by atoms with E-state index in [9.17, 15) is 9.59 Å². The molecule has 2 atom stereocenters. The van der Waals surface area contributed by atoms with Gasteiger partial charge in [0.25, 0.3) is 0 Å². The molecule has 0 spiro atoms. The lowest BCUT2D eigenvalue weighted by atomic mass is 10.1. The summed E-state index contributed by atoms with van der Waals surface area (Å²) in [5.41, 5.74) is 0.562. The number of aliphatic carboxylic acids is 1. The second-order valence-electron chi connectivity index (χ2n) is 6.23. The van der Waals surface area contributed by atoms with Crippen molar-refractivity contribution in [1.29, 1.82) is 0 Å². The Balaban J connectivity index is 1.78. The molecule has 1 heterocycles. The van der Waals surface area contributed by atoms with E-state index in [1.54, 1.807) is 12.1 Å². The Labute approximate surface area is 135 Å². The Morgan fingerprint density at radius 2 is 2.17 bits per heavy atom. The molecule has 0 radical (unpaired) electrons. The van der Waals surface area contributed by atoms with Crippen LogP contribution in [-0.4, -0.2) is 34.7 Å². The van der Waals surface area contributed by atoms with E-state index in [-0.39, 0.29) is 18.0 Å². The summed E-state index contributed by atoms with van der Waals surface area (Å²) in [6.45, 7) is 4.70. The van der Waals surface area contributed by atoms with Crippen molar-refractivity contribution in [2.45, 2.75) is 39.2 Å². The van der Waals surface area contributed by atoms with Crippen molar-refractivity contribution in [3.05, 3.63) is 18.3 Å². The minimum absolute atomic E-state index is 0.0993. The van der Waals surface area contributed by atoms with Crippen LogP contribution in [0.25, 0.3) is 0 Å². The number of amides is 2. The van der Waals surface area contributed by atoms with E-state index < -0.39 is 5.97 Å². The van der Waals surface area contributed by atoms with Crippen molar-refractivity contribution in [2.75, 3.05) is 11.9 Å². The third kappa shape index (κ3) is 5.43. The van der Waals surface area contributed by atoms with Crippen LogP contribution in [0.3, 0.4) is 0 Å². The van der Waals surface area contributed by atoms with Gasteiger partial charge in [0.05, 0.1) is 24.4 Å². The van der Waals surface area contributed by atoms with Crippen LogP contribution < -0.4 is 15.4 Å². The van der Waals surface area contributed by atoms with Crippen molar-refractivity contribution >= 4 is 17.7 Å². The second kappa shape index (κ2) is 7.80. The fraction of sp³-hybridized carbons (Fsp3) is 0.562. The van der Waals surface area contributed by atoms with Crippen LogP contribution in [-0.2, 0) is 4.79 Å². The summed E-state index contributed by atoms with van der Waals surface area (Å²) < 4.78 is 5.47. The number of hydrogen-bond acceptors (Lipinski definition) is 4. The number of pyridine rings is 1. The van der Waals surface area contributed by atoms with Gasteiger partial charge in [-0.1, -0.05) is 13.8 Å². The lowest BCUT2D eigenvalue weighted by Gasteiger charge is -2.13. The van der Waals surface area contributed by atoms with E-state index in [0.29, 0.717) is 43.4 Å². The van der Waals surface area contributed by atoms with Gasteiger partial charge in [0, 0.05) is 12.1 Å². The highest BCUT2D eigenvalue weighted by Gasteiger charge is 2.30. The van der Waals surface area contributed by atoms with Crippen molar-refractivity contribution < 1.29 is 19.4 Å². The Hall–Kier alpha value is -2.31. The van der Waals surface area contributed by atoms with E-state index in [4.69, 9.17) is 9.84 Å². The summed E-state index contributed by atoms with van der Waals surface area (Å²) in [5, 5.41) is 14.4. The van der Waals surface area contributed by atoms with Gasteiger partial charge in [-0.05, 0) is 31.2 Å². The maximum atomic E-state index is 11.9. The number of carboxylic acids is 1. The highest BCUT2D eigenvalue weighted by molar-refractivity contribution is 5.89. The summed E-state index contributed by atoms with van der Waals surface area (Å²) in [6.07, 6.45) is 3.29. The molecule has 1 saturated carbocycles. The van der Waals surface area contributed by atoms with E-state index in [1.165, 1.54) is 6.20 Å². The highest BCUT2D eigenvalue weighted by Crippen LogP contribution is 2.25. The summed E-state index contributed by atoms with van der Waals surface area (Å²) in [7, 11) is 0. The minimum Gasteiger partial charge on any atom is -0.481 e. The molecule has 23 heavy (non-hydrogen) atoms. The molecule has 1 aliphatic rings. The smallest absolute Gasteiger partial charge is 0.319 e. The van der Waals surface area contributed by atoms with Crippen LogP contribution in [0.2, 0.25) is 0 Å².